The molecule has 1 nitrogen and oxygen atoms in total. The van der Waals surface area contributed by atoms with E-state index in [9.17, 15) is 0 Å². The van der Waals surface area contributed by atoms with Crippen molar-refractivity contribution in [3.63, 3.8) is 0 Å². The van der Waals surface area contributed by atoms with Crippen molar-refractivity contribution in [1.29, 1.82) is 0 Å². The third-order valence-electron chi connectivity index (χ3n) is 1.34. The van der Waals surface area contributed by atoms with Crippen molar-refractivity contribution < 1.29 is 0 Å². The molecule has 10 heavy (non-hydrogen) atoms. The molecule has 0 fully saturated rings. The van der Waals surface area contributed by atoms with Gasteiger partial charge in [0.05, 0.1) is 0 Å². The van der Waals surface area contributed by atoms with E-state index in [1.165, 1.54) is 4.91 Å². The molecule has 0 unspecified atom stereocenters. The van der Waals surface area contributed by atoms with Crippen LogP contribution in [-0.4, -0.2) is 13.0 Å². The first-order valence-corrected chi connectivity index (χ1v) is 4.57. The largest absolute Gasteiger partial charge is 0.269 e. The lowest BCUT2D eigenvalue weighted by Crippen LogP contribution is -1.91. The number of allylic oxidation sites excluding steroid dienone is 2. The average Bonchev–Trinajstić information content (AvgIpc) is 1.88. The number of hydrogen-bond donors (Lipinski definition) is 0. The maximum Gasteiger partial charge on any atom is 0.0462 e. The van der Waals surface area contributed by atoms with Crippen molar-refractivity contribution >= 4 is 18.5 Å². The van der Waals surface area contributed by atoms with Gasteiger partial charge in [0.15, 0.2) is 0 Å². The molecule has 0 saturated carbocycles. The number of nitrogens with zero attached hydrogens (tertiary/aromatic N) is 1. The minimum absolute atomic E-state index is 0.570. The second-order valence-corrected chi connectivity index (χ2v) is 3.31. The van der Waals surface area contributed by atoms with Crippen LogP contribution in [0.2, 0.25) is 0 Å². The van der Waals surface area contributed by atoms with Gasteiger partial charge in [0.1, 0.15) is 0 Å². The number of aliphatic imine (C=N–C) groups is 1. The van der Waals surface area contributed by atoms with E-state index in [4.69, 9.17) is 0 Å². The van der Waals surface area contributed by atoms with Crippen LogP contribution in [0.4, 0.5) is 0 Å². The Morgan fingerprint density at radius 2 is 2.00 bits per heavy atom. The first-order chi connectivity index (χ1) is 4.63. The van der Waals surface area contributed by atoms with E-state index in [0.29, 0.717) is 5.92 Å². The van der Waals surface area contributed by atoms with Gasteiger partial charge in [0.25, 0.3) is 0 Å². The van der Waals surface area contributed by atoms with E-state index >= 15 is 0 Å². The highest BCUT2D eigenvalue weighted by Crippen LogP contribution is 2.25. The zero-order valence-electron chi connectivity index (χ0n) is 7.14. The van der Waals surface area contributed by atoms with Crippen molar-refractivity contribution in [1.82, 2.24) is 0 Å². The third-order valence-corrected chi connectivity index (χ3v) is 2.54. The molecule has 0 spiro atoms. The van der Waals surface area contributed by atoms with Crippen LogP contribution in [0.15, 0.2) is 15.6 Å². The number of thioether (sulfide) groups is 1. The summed E-state index contributed by atoms with van der Waals surface area (Å²) >= 11 is 1.76. The van der Waals surface area contributed by atoms with Crippen molar-refractivity contribution in [2.45, 2.75) is 20.8 Å². The fourth-order valence-electron chi connectivity index (χ4n) is 0.879. The van der Waals surface area contributed by atoms with E-state index in [1.54, 1.807) is 11.8 Å². The molecule has 0 amide bonds. The zero-order valence-corrected chi connectivity index (χ0v) is 7.96. The summed E-state index contributed by atoms with van der Waals surface area (Å²) in [7, 11) is 0. The fraction of sp³-hybridized carbons (Fsp3) is 0.625. The van der Waals surface area contributed by atoms with Crippen LogP contribution in [0.3, 0.4) is 0 Å². The van der Waals surface area contributed by atoms with Gasteiger partial charge in [-0.05, 0) is 25.8 Å². The first kappa shape index (κ1) is 9.76. The van der Waals surface area contributed by atoms with Crippen LogP contribution in [0.5, 0.6) is 0 Å². The Morgan fingerprint density at radius 1 is 1.50 bits per heavy atom. The molecule has 0 aliphatic carbocycles. The molecule has 0 aromatic carbocycles. The molecule has 0 rings (SSSR count). The molecular formula is C8H15NS. The van der Waals surface area contributed by atoms with E-state index in [1.807, 2.05) is 6.92 Å². The van der Waals surface area contributed by atoms with Crippen LogP contribution >= 0.6 is 11.8 Å². The second kappa shape index (κ2) is 4.56. The Balaban J connectivity index is 4.45. The summed E-state index contributed by atoms with van der Waals surface area (Å²) in [4.78, 5) is 5.22. The number of rotatable bonds is 3. The molecule has 0 saturated heterocycles. The summed E-state index contributed by atoms with van der Waals surface area (Å²) in [6.07, 6.45) is 2.07. The van der Waals surface area contributed by atoms with Gasteiger partial charge in [-0.1, -0.05) is 13.8 Å². The summed E-state index contributed by atoms with van der Waals surface area (Å²) in [5.74, 6) is 0.570. The van der Waals surface area contributed by atoms with Crippen molar-refractivity contribution in [3.8, 4) is 0 Å². The average molecular weight is 157 g/mol. The standard InChI is InChI=1S/C8H15NS/c1-6(2)8(10-5)7(3)9-4/h6H,4H2,1-3,5H3/b8-7-. The van der Waals surface area contributed by atoms with Crippen LogP contribution < -0.4 is 0 Å². The van der Waals surface area contributed by atoms with Gasteiger partial charge in [-0.25, -0.2) is 0 Å². The monoisotopic (exact) mass is 157 g/mol. The Hall–Kier alpha value is -0.240. The summed E-state index contributed by atoms with van der Waals surface area (Å²) in [6.45, 7) is 9.82. The molecule has 0 atom stereocenters. The highest BCUT2D eigenvalue weighted by atomic mass is 32.2. The van der Waals surface area contributed by atoms with Gasteiger partial charge >= 0.3 is 0 Å². The number of hydrogen-bond acceptors (Lipinski definition) is 2. The highest BCUT2D eigenvalue weighted by molar-refractivity contribution is 8.02. The molecule has 0 aromatic heterocycles. The van der Waals surface area contributed by atoms with E-state index < -0.39 is 0 Å². The summed E-state index contributed by atoms with van der Waals surface area (Å²) in [5.41, 5.74) is 1.06. The molecule has 0 N–H and O–H groups in total. The van der Waals surface area contributed by atoms with Gasteiger partial charge < -0.3 is 0 Å². The predicted molar refractivity (Wildman–Crippen MR) is 50.6 cm³/mol. The zero-order chi connectivity index (χ0) is 8.15. The Kier molecular flexibility index (Phi) is 4.45. The summed E-state index contributed by atoms with van der Waals surface area (Å²) in [6, 6.07) is 0. The normalized spacial score (nSPS) is 13.3. The lowest BCUT2D eigenvalue weighted by Gasteiger charge is -2.08. The van der Waals surface area contributed by atoms with Gasteiger partial charge in [0, 0.05) is 10.6 Å². The Morgan fingerprint density at radius 3 is 2.10 bits per heavy atom. The van der Waals surface area contributed by atoms with E-state index in [-0.39, 0.29) is 0 Å². The van der Waals surface area contributed by atoms with Crippen LogP contribution in [-0.2, 0) is 0 Å². The maximum atomic E-state index is 3.89. The molecule has 58 valence electrons. The topological polar surface area (TPSA) is 12.4 Å². The van der Waals surface area contributed by atoms with E-state index in [0.717, 1.165) is 5.70 Å². The minimum Gasteiger partial charge on any atom is -0.269 e. The fourth-order valence-corrected chi connectivity index (χ4v) is 1.71. The van der Waals surface area contributed by atoms with Crippen LogP contribution in [0.1, 0.15) is 20.8 Å². The molecule has 0 aliphatic heterocycles. The van der Waals surface area contributed by atoms with Gasteiger partial charge in [0.2, 0.25) is 0 Å². The van der Waals surface area contributed by atoms with Crippen LogP contribution in [0, 0.1) is 5.92 Å². The van der Waals surface area contributed by atoms with Crippen molar-refractivity contribution in [3.05, 3.63) is 10.6 Å². The molecule has 2 heteroatoms. The molecule has 0 radical (unpaired) electrons. The predicted octanol–water partition coefficient (Wildman–Crippen LogP) is 2.94. The Bertz CT molecular complexity index is 147. The quantitative estimate of drug-likeness (QED) is 0.574. The van der Waals surface area contributed by atoms with Crippen molar-refractivity contribution in [2.24, 2.45) is 10.9 Å². The minimum atomic E-state index is 0.570. The lowest BCUT2D eigenvalue weighted by molar-refractivity contribution is 0.804. The third kappa shape index (κ3) is 2.56. The van der Waals surface area contributed by atoms with Crippen LogP contribution in [0.25, 0.3) is 0 Å². The lowest BCUT2D eigenvalue weighted by atomic mass is 10.2. The Labute approximate surface area is 67.6 Å². The van der Waals surface area contributed by atoms with Crippen molar-refractivity contribution in [2.75, 3.05) is 6.26 Å². The molecular weight excluding hydrogens is 142 g/mol. The summed E-state index contributed by atoms with van der Waals surface area (Å²) < 4.78 is 0. The first-order valence-electron chi connectivity index (χ1n) is 3.35. The van der Waals surface area contributed by atoms with Gasteiger partial charge in [-0.3, -0.25) is 4.99 Å². The summed E-state index contributed by atoms with van der Waals surface area (Å²) in [5, 5.41) is 0. The smallest absolute Gasteiger partial charge is 0.0462 e. The molecule has 0 aromatic rings. The van der Waals surface area contributed by atoms with E-state index in [2.05, 4.69) is 31.8 Å². The second-order valence-electron chi connectivity index (χ2n) is 2.47. The molecule has 0 heterocycles. The SMILES string of the molecule is C=N/C(C)=C(\SC)C(C)C. The van der Waals surface area contributed by atoms with Gasteiger partial charge in [-0.2, -0.15) is 0 Å². The maximum absolute atomic E-state index is 3.89. The molecule has 0 aliphatic rings. The van der Waals surface area contributed by atoms with Gasteiger partial charge in [-0.15, -0.1) is 11.8 Å². The highest BCUT2D eigenvalue weighted by Gasteiger charge is 2.03. The molecule has 0 bridgehead atoms.